The Bertz CT molecular complexity index is 515. The minimum absolute atomic E-state index is 0.268. The first-order valence-electron chi connectivity index (χ1n) is 4.95. The SMILES string of the molecule is Cc1cc(NCC(O)C(F)F)n2ncnc2n1. The van der Waals surface area contributed by atoms with Crippen LogP contribution in [-0.4, -0.2) is 43.8 Å². The molecule has 0 aliphatic rings. The molecule has 0 fully saturated rings. The van der Waals surface area contributed by atoms with Gasteiger partial charge in [-0.25, -0.2) is 13.8 Å². The van der Waals surface area contributed by atoms with Crippen molar-refractivity contribution < 1.29 is 13.9 Å². The van der Waals surface area contributed by atoms with Gasteiger partial charge in [-0.2, -0.15) is 14.6 Å². The van der Waals surface area contributed by atoms with E-state index in [9.17, 15) is 8.78 Å². The smallest absolute Gasteiger partial charge is 0.265 e. The van der Waals surface area contributed by atoms with E-state index in [1.165, 1.54) is 10.8 Å². The van der Waals surface area contributed by atoms with E-state index < -0.39 is 12.5 Å². The maximum absolute atomic E-state index is 12.1. The highest BCUT2D eigenvalue weighted by Gasteiger charge is 2.17. The molecule has 2 aromatic heterocycles. The minimum atomic E-state index is -2.78. The molecule has 0 aliphatic carbocycles. The van der Waals surface area contributed by atoms with Crippen LogP contribution in [0.2, 0.25) is 0 Å². The molecule has 1 unspecified atom stereocenters. The molecule has 0 spiro atoms. The van der Waals surface area contributed by atoms with Crippen LogP contribution in [0.4, 0.5) is 14.6 Å². The summed E-state index contributed by atoms with van der Waals surface area (Å²) in [6, 6.07) is 1.64. The molecule has 0 aliphatic heterocycles. The molecule has 0 saturated carbocycles. The van der Waals surface area contributed by atoms with Gasteiger partial charge in [0.25, 0.3) is 12.2 Å². The van der Waals surface area contributed by atoms with E-state index in [1.54, 1.807) is 13.0 Å². The van der Waals surface area contributed by atoms with Gasteiger partial charge in [0.1, 0.15) is 18.2 Å². The van der Waals surface area contributed by atoms with Crippen molar-refractivity contribution in [3.05, 3.63) is 18.1 Å². The molecule has 0 aromatic carbocycles. The second-order valence-electron chi connectivity index (χ2n) is 3.54. The van der Waals surface area contributed by atoms with Gasteiger partial charge in [-0.05, 0) is 6.92 Å². The number of aliphatic hydroxyl groups is 1. The van der Waals surface area contributed by atoms with Crippen LogP contribution in [0.25, 0.3) is 5.78 Å². The molecule has 0 bridgehead atoms. The first-order valence-corrected chi connectivity index (χ1v) is 4.95. The number of halogens is 2. The van der Waals surface area contributed by atoms with Crippen LogP contribution in [0, 0.1) is 6.92 Å². The molecular formula is C9H11F2N5O. The number of anilines is 1. The van der Waals surface area contributed by atoms with Crippen molar-refractivity contribution in [3.63, 3.8) is 0 Å². The molecule has 0 saturated heterocycles. The van der Waals surface area contributed by atoms with Gasteiger partial charge in [0.2, 0.25) is 0 Å². The average molecular weight is 243 g/mol. The lowest BCUT2D eigenvalue weighted by atomic mass is 10.3. The number of aromatic nitrogens is 4. The summed E-state index contributed by atoms with van der Waals surface area (Å²) in [6.07, 6.45) is -3.19. The molecule has 17 heavy (non-hydrogen) atoms. The van der Waals surface area contributed by atoms with Crippen LogP contribution in [0.3, 0.4) is 0 Å². The van der Waals surface area contributed by atoms with Crippen LogP contribution in [0.15, 0.2) is 12.4 Å². The highest BCUT2D eigenvalue weighted by Crippen LogP contribution is 2.10. The average Bonchev–Trinajstić information content (AvgIpc) is 2.72. The predicted molar refractivity (Wildman–Crippen MR) is 56.0 cm³/mol. The topological polar surface area (TPSA) is 75.3 Å². The van der Waals surface area contributed by atoms with E-state index in [0.717, 1.165) is 0 Å². The number of nitrogens with zero attached hydrogens (tertiary/aromatic N) is 4. The Hall–Kier alpha value is -1.83. The summed E-state index contributed by atoms with van der Waals surface area (Å²) in [5.41, 5.74) is 0.680. The van der Waals surface area contributed by atoms with Gasteiger partial charge in [-0.3, -0.25) is 0 Å². The van der Waals surface area contributed by atoms with Gasteiger partial charge in [0, 0.05) is 18.3 Å². The zero-order chi connectivity index (χ0) is 12.4. The first-order chi connectivity index (χ1) is 8.08. The van der Waals surface area contributed by atoms with Crippen LogP contribution < -0.4 is 5.32 Å². The van der Waals surface area contributed by atoms with E-state index in [1.807, 2.05) is 0 Å². The Morgan fingerprint density at radius 2 is 2.29 bits per heavy atom. The highest BCUT2D eigenvalue weighted by molar-refractivity contribution is 5.44. The molecule has 0 radical (unpaired) electrons. The van der Waals surface area contributed by atoms with Gasteiger partial charge in [0.05, 0.1) is 0 Å². The Balaban J connectivity index is 2.20. The maximum atomic E-state index is 12.1. The van der Waals surface area contributed by atoms with Crippen molar-refractivity contribution in [2.45, 2.75) is 19.5 Å². The van der Waals surface area contributed by atoms with Crippen LogP contribution in [0.5, 0.6) is 0 Å². The molecule has 0 amide bonds. The fourth-order valence-corrected chi connectivity index (χ4v) is 1.35. The van der Waals surface area contributed by atoms with E-state index in [0.29, 0.717) is 17.3 Å². The van der Waals surface area contributed by atoms with Gasteiger partial charge in [-0.1, -0.05) is 0 Å². The summed E-state index contributed by atoms with van der Waals surface area (Å²) in [7, 11) is 0. The van der Waals surface area contributed by atoms with Crippen LogP contribution in [0.1, 0.15) is 5.69 Å². The summed E-state index contributed by atoms with van der Waals surface area (Å²) in [5.74, 6) is 0.837. The van der Waals surface area contributed by atoms with E-state index in [4.69, 9.17) is 5.11 Å². The first kappa shape index (κ1) is 11.6. The molecule has 2 rings (SSSR count). The van der Waals surface area contributed by atoms with Crippen molar-refractivity contribution in [2.24, 2.45) is 0 Å². The standard InChI is InChI=1S/C9H11F2N5O/c1-5-2-7(12-3-6(17)8(10)11)16-9(15-5)13-4-14-16/h2,4,6,8,12,17H,3H2,1H3. The fourth-order valence-electron chi connectivity index (χ4n) is 1.35. The molecule has 92 valence electrons. The number of rotatable bonds is 4. The molecule has 2 N–H and O–H groups in total. The van der Waals surface area contributed by atoms with Crippen molar-refractivity contribution in [3.8, 4) is 0 Å². The Morgan fingerprint density at radius 3 is 3.00 bits per heavy atom. The third-order valence-corrected chi connectivity index (χ3v) is 2.16. The monoisotopic (exact) mass is 243 g/mol. The molecule has 2 aromatic rings. The van der Waals surface area contributed by atoms with Crippen molar-refractivity contribution in [2.75, 3.05) is 11.9 Å². The fraction of sp³-hybridized carbons (Fsp3) is 0.444. The second-order valence-corrected chi connectivity index (χ2v) is 3.54. The zero-order valence-corrected chi connectivity index (χ0v) is 9.01. The molecule has 8 heteroatoms. The summed E-state index contributed by atoms with van der Waals surface area (Å²) in [5, 5.41) is 15.6. The number of hydrogen-bond donors (Lipinski definition) is 2. The largest absolute Gasteiger partial charge is 0.385 e. The van der Waals surface area contributed by atoms with Gasteiger partial charge < -0.3 is 10.4 Å². The third kappa shape index (κ3) is 2.47. The second kappa shape index (κ2) is 4.58. The third-order valence-electron chi connectivity index (χ3n) is 2.16. The lowest BCUT2D eigenvalue weighted by molar-refractivity contribution is 0.00379. The van der Waals surface area contributed by atoms with Crippen molar-refractivity contribution in [1.82, 2.24) is 19.6 Å². The highest BCUT2D eigenvalue weighted by atomic mass is 19.3. The number of aryl methyl sites for hydroxylation is 1. The summed E-state index contributed by atoms with van der Waals surface area (Å²) >= 11 is 0. The molecular weight excluding hydrogens is 232 g/mol. The lowest BCUT2D eigenvalue weighted by Crippen LogP contribution is -2.27. The molecule has 2 heterocycles. The minimum Gasteiger partial charge on any atom is -0.385 e. The van der Waals surface area contributed by atoms with Crippen LogP contribution >= 0.6 is 0 Å². The predicted octanol–water partition coefficient (Wildman–Crippen LogP) is 0.471. The number of aliphatic hydroxyl groups excluding tert-OH is 1. The normalized spacial score (nSPS) is 13.2. The number of nitrogens with one attached hydrogen (secondary N) is 1. The van der Waals surface area contributed by atoms with Crippen molar-refractivity contribution >= 4 is 11.6 Å². The number of fused-ring (bicyclic) bond motifs is 1. The number of alkyl halides is 2. The maximum Gasteiger partial charge on any atom is 0.265 e. The summed E-state index contributed by atoms with van der Waals surface area (Å²) < 4.78 is 25.6. The zero-order valence-electron chi connectivity index (χ0n) is 9.01. The van der Waals surface area contributed by atoms with Crippen molar-refractivity contribution in [1.29, 1.82) is 0 Å². The van der Waals surface area contributed by atoms with Gasteiger partial charge in [0.15, 0.2) is 0 Å². The summed E-state index contributed by atoms with van der Waals surface area (Å²) in [4.78, 5) is 7.99. The Morgan fingerprint density at radius 1 is 1.53 bits per heavy atom. The summed E-state index contributed by atoms with van der Waals surface area (Å²) in [6.45, 7) is 1.49. The van der Waals surface area contributed by atoms with E-state index in [-0.39, 0.29) is 6.54 Å². The Labute approximate surface area is 95.3 Å². The number of hydrogen-bond acceptors (Lipinski definition) is 5. The van der Waals surface area contributed by atoms with Gasteiger partial charge in [-0.15, -0.1) is 0 Å². The molecule has 1 atom stereocenters. The Kier molecular flexibility index (Phi) is 3.14. The van der Waals surface area contributed by atoms with Gasteiger partial charge >= 0.3 is 0 Å². The quantitative estimate of drug-likeness (QED) is 0.816. The van der Waals surface area contributed by atoms with E-state index in [2.05, 4.69) is 20.4 Å². The lowest BCUT2D eigenvalue weighted by Gasteiger charge is -2.12. The van der Waals surface area contributed by atoms with Crippen LogP contribution in [-0.2, 0) is 0 Å². The molecule has 6 nitrogen and oxygen atoms in total. The van der Waals surface area contributed by atoms with E-state index >= 15 is 0 Å².